The first-order chi connectivity index (χ1) is 12.6. The summed E-state index contributed by atoms with van der Waals surface area (Å²) < 4.78 is 1.07. The first kappa shape index (κ1) is 17.5. The van der Waals surface area contributed by atoms with E-state index in [1.54, 1.807) is 0 Å². The van der Waals surface area contributed by atoms with Gasteiger partial charge in [0.25, 0.3) is 11.8 Å². The van der Waals surface area contributed by atoms with E-state index in [1.807, 2.05) is 53.4 Å². The maximum absolute atomic E-state index is 12.9. The third kappa shape index (κ3) is 4.26. The van der Waals surface area contributed by atoms with Gasteiger partial charge in [0.15, 0.2) is 0 Å². The quantitative estimate of drug-likeness (QED) is 0.663. The summed E-state index contributed by atoms with van der Waals surface area (Å²) >= 11 is 2.23. The minimum Gasteiger partial charge on any atom is -0.349 e. The Bertz CT molecular complexity index is 826. The monoisotopic (exact) mass is 460 g/mol. The molecular weight excluding hydrogens is 439 g/mol. The summed E-state index contributed by atoms with van der Waals surface area (Å²) in [5, 5.41) is 3.00. The van der Waals surface area contributed by atoms with E-state index in [-0.39, 0.29) is 11.8 Å². The van der Waals surface area contributed by atoms with Gasteiger partial charge in [-0.25, -0.2) is 0 Å². The highest BCUT2D eigenvalue weighted by Gasteiger charge is 2.33. The third-order valence-electron chi connectivity index (χ3n) is 4.80. The molecule has 0 unspecified atom stereocenters. The number of hydrogen-bond acceptors (Lipinski definition) is 2. The topological polar surface area (TPSA) is 49.4 Å². The number of carbonyl (C=O) groups is 2. The van der Waals surface area contributed by atoms with Gasteiger partial charge in [0, 0.05) is 33.3 Å². The number of rotatable bonds is 6. The molecule has 2 aliphatic carbocycles. The van der Waals surface area contributed by atoms with Crippen molar-refractivity contribution in [1.29, 1.82) is 0 Å². The first-order valence-corrected chi connectivity index (χ1v) is 10.1. The minimum absolute atomic E-state index is 0.00645. The van der Waals surface area contributed by atoms with E-state index < -0.39 is 0 Å². The molecule has 0 saturated heterocycles. The highest BCUT2D eigenvalue weighted by atomic mass is 127. The predicted octanol–water partition coefficient (Wildman–Crippen LogP) is 3.99. The van der Waals surface area contributed by atoms with Gasteiger partial charge in [-0.3, -0.25) is 9.59 Å². The molecule has 0 bridgehead atoms. The molecule has 0 heterocycles. The van der Waals surface area contributed by atoms with Crippen molar-refractivity contribution in [3.8, 4) is 0 Å². The summed E-state index contributed by atoms with van der Waals surface area (Å²) in [4.78, 5) is 27.0. The summed E-state index contributed by atoms with van der Waals surface area (Å²) in [6, 6.07) is 16.0. The van der Waals surface area contributed by atoms with Crippen LogP contribution in [0, 0.1) is 3.57 Å². The fourth-order valence-corrected chi connectivity index (χ4v) is 3.54. The van der Waals surface area contributed by atoms with E-state index in [9.17, 15) is 9.59 Å². The molecule has 0 spiro atoms. The average molecular weight is 460 g/mol. The van der Waals surface area contributed by atoms with Gasteiger partial charge < -0.3 is 10.2 Å². The van der Waals surface area contributed by atoms with E-state index in [2.05, 4.69) is 27.9 Å². The van der Waals surface area contributed by atoms with E-state index >= 15 is 0 Å². The lowest BCUT2D eigenvalue weighted by Crippen LogP contribution is -2.32. The summed E-state index contributed by atoms with van der Waals surface area (Å²) in [5.41, 5.74) is 2.48. The van der Waals surface area contributed by atoms with Crippen molar-refractivity contribution in [2.24, 2.45) is 0 Å². The molecule has 4 nitrogen and oxygen atoms in total. The molecule has 2 fully saturated rings. The molecule has 4 rings (SSSR count). The van der Waals surface area contributed by atoms with E-state index in [1.165, 1.54) is 0 Å². The van der Waals surface area contributed by atoms with Crippen LogP contribution in [0.4, 0.5) is 0 Å². The lowest BCUT2D eigenvalue weighted by atomic mass is 10.1. The zero-order valence-electron chi connectivity index (χ0n) is 14.5. The van der Waals surface area contributed by atoms with Crippen molar-refractivity contribution < 1.29 is 9.59 Å². The van der Waals surface area contributed by atoms with Crippen LogP contribution in [0.1, 0.15) is 52.0 Å². The van der Waals surface area contributed by atoms with E-state index in [4.69, 9.17) is 0 Å². The van der Waals surface area contributed by atoms with Crippen molar-refractivity contribution in [2.45, 2.75) is 44.3 Å². The van der Waals surface area contributed by atoms with Crippen LogP contribution in [0.5, 0.6) is 0 Å². The Hall–Kier alpha value is -1.89. The van der Waals surface area contributed by atoms with Gasteiger partial charge in [0.1, 0.15) is 0 Å². The zero-order chi connectivity index (χ0) is 18.1. The lowest BCUT2D eigenvalue weighted by Gasteiger charge is -2.23. The molecule has 0 radical (unpaired) electrons. The maximum Gasteiger partial charge on any atom is 0.254 e. The molecule has 2 aliphatic rings. The molecule has 0 aliphatic heterocycles. The van der Waals surface area contributed by atoms with E-state index in [0.717, 1.165) is 40.4 Å². The number of halogens is 1. The normalized spacial score (nSPS) is 16.2. The van der Waals surface area contributed by atoms with Crippen LogP contribution in [-0.2, 0) is 6.54 Å². The number of nitrogens with zero attached hydrogens (tertiary/aromatic N) is 1. The van der Waals surface area contributed by atoms with Gasteiger partial charge in [-0.2, -0.15) is 0 Å². The zero-order valence-corrected chi connectivity index (χ0v) is 16.6. The summed E-state index contributed by atoms with van der Waals surface area (Å²) in [7, 11) is 0. The van der Waals surface area contributed by atoms with Gasteiger partial charge in [0.05, 0.1) is 0 Å². The van der Waals surface area contributed by atoms with Gasteiger partial charge in [-0.15, -0.1) is 0 Å². The van der Waals surface area contributed by atoms with Crippen molar-refractivity contribution in [3.63, 3.8) is 0 Å². The average Bonchev–Trinajstić information content (AvgIpc) is 3.54. The molecule has 0 atom stereocenters. The highest BCUT2D eigenvalue weighted by Crippen LogP contribution is 2.30. The van der Waals surface area contributed by atoms with E-state index in [0.29, 0.717) is 24.2 Å². The Kier molecular flexibility index (Phi) is 4.98. The lowest BCUT2D eigenvalue weighted by molar-refractivity contribution is 0.0729. The minimum atomic E-state index is -0.00645. The molecule has 2 amide bonds. The standard InChI is InChI=1S/C21H21IN2O2/c22-17-3-1-2-16(12-17)21(26)24(19-10-11-19)13-14-4-6-15(7-5-14)20(25)23-18-8-9-18/h1-7,12,18-19H,8-11,13H2,(H,23,25). The van der Waals surface area contributed by atoms with Crippen molar-refractivity contribution in [2.75, 3.05) is 0 Å². The molecule has 2 saturated carbocycles. The molecule has 2 aromatic rings. The number of carbonyl (C=O) groups excluding carboxylic acids is 2. The maximum atomic E-state index is 12.9. The second-order valence-electron chi connectivity index (χ2n) is 7.12. The van der Waals surface area contributed by atoms with Crippen molar-refractivity contribution in [3.05, 3.63) is 68.8 Å². The first-order valence-electron chi connectivity index (χ1n) is 9.06. The Balaban J connectivity index is 1.46. The Labute approximate surface area is 167 Å². The fourth-order valence-electron chi connectivity index (χ4n) is 2.99. The van der Waals surface area contributed by atoms with Crippen LogP contribution >= 0.6 is 22.6 Å². The molecule has 2 aromatic carbocycles. The molecule has 26 heavy (non-hydrogen) atoms. The molecular formula is C21H21IN2O2. The second-order valence-corrected chi connectivity index (χ2v) is 8.36. The second kappa shape index (κ2) is 7.39. The number of nitrogens with one attached hydrogen (secondary N) is 1. The number of amides is 2. The summed E-state index contributed by atoms with van der Waals surface area (Å²) in [5.74, 6) is 0.0783. The van der Waals surface area contributed by atoms with Gasteiger partial charge in [0.2, 0.25) is 0 Å². The van der Waals surface area contributed by atoms with Crippen LogP contribution in [0.25, 0.3) is 0 Å². The number of benzene rings is 2. The Morgan fingerprint density at radius 1 is 1.00 bits per heavy atom. The number of hydrogen-bond donors (Lipinski definition) is 1. The van der Waals surface area contributed by atoms with Crippen LogP contribution < -0.4 is 5.32 Å². The van der Waals surface area contributed by atoms with Crippen LogP contribution in [0.15, 0.2) is 48.5 Å². The van der Waals surface area contributed by atoms with Crippen molar-refractivity contribution >= 4 is 34.4 Å². The molecule has 134 valence electrons. The van der Waals surface area contributed by atoms with Crippen LogP contribution in [-0.4, -0.2) is 28.8 Å². The Morgan fingerprint density at radius 3 is 2.35 bits per heavy atom. The van der Waals surface area contributed by atoms with Crippen LogP contribution in [0.3, 0.4) is 0 Å². The van der Waals surface area contributed by atoms with Crippen molar-refractivity contribution in [1.82, 2.24) is 10.2 Å². The van der Waals surface area contributed by atoms with Crippen LogP contribution in [0.2, 0.25) is 0 Å². The molecule has 5 heteroatoms. The SMILES string of the molecule is O=C(NC1CC1)c1ccc(CN(C(=O)c2cccc(I)c2)C2CC2)cc1. The molecule has 0 aromatic heterocycles. The van der Waals surface area contributed by atoms with Gasteiger partial charge in [-0.1, -0.05) is 18.2 Å². The smallest absolute Gasteiger partial charge is 0.254 e. The Morgan fingerprint density at radius 2 is 1.73 bits per heavy atom. The summed E-state index contributed by atoms with van der Waals surface area (Å²) in [6.45, 7) is 0.583. The summed E-state index contributed by atoms with van der Waals surface area (Å²) in [6.07, 6.45) is 4.30. The third-order valence-corrected chi connectivity index (χ3v) is 5.47. The fraction of sp³-hybridized carbons (Fsp3) is 0.333. The van der Waals surface area contributed by atoms with Gasteiger partial charge in [-0.05, 0) is 84.2 Å². The van der Waals surface area contributed by atoms with Gasteiger partial charge >= 0.3 is 0 Å². The molecule has 1 N–H and O–H groups in total. The largest absolute Gasteiger partial charge is 0.349 e. The predicted molar refractivity (Wildman–Crippen MR) is 109 cm³/mol. The highest BCUT2D eigenvalue weighted by molar-refractivity contribution is 14.1.